The zero-order valence-corrected chi connectivity index (χ0v) is 43.2. The quantitative estimate of drug-likeness (QED) is 0.0690. The van der Waals surface area contributed by atoms with Crippen molar-refractivity contribution >= 4 is 16.4 Å². The number of rotatable bonds is 13. The zero-order valence-electron chi connectivity index (χ0n) is 42.4. The van der Waals surface area contributed by atoms with Crippen LogP contribution in [0.5, 0.6) is 0 Å². The van der Waals surface area contributed by atoms with Gasteiger partial charge < -0.3 is 83.5 Å². The van der Waals surface area contributed by atoms with Crippen LogP contribution in [0.3, 0.4) is 0 Å². The first-order valence-corrected chi connectivity index (χ1v) is 27.5. The molecule has 22 nitrogen and oxygen atoms in total. The van der Waals surface area contributed by atoms with E-state index in [-0.39, 0.29) is 47.5 Å². The highest BCUT2D eigenvalue weighted by Gasteiger charge is 2.70. The van der Waals surface area contributed by atoms with Gasteiger partial charge in [0.25, 0.3) is 0 Å². The molecule has 8 fully saturated rings. The number of aliphatic hydroxyl groups excluding tert-OH is 8. The van der Waals surface area contributed by atoms with E-state index in [2.05, 4.69) is 33.4 Å². The number of hydrogen-bond donors (Lipinski definition) is 9. The van der Waals surface area contributed by atoms with Crippen LogP contribution in [0.2, 0.25) is 0 Å². The first-order chi connectivity index (χ1) is 34.3. The molecule has 0 aromatic rings. The van der Waals surface area contributed by atoms with Gasteiger partial charge in [0.15, 0.2) is 30.8 Å². The van der Waals surface area contributed by atoms with Crippen molar-refractivity contribution in [3.63, 3.8) is 0 Å². The van der Waals surface area contributed by atoms with Crippen LogP contribution >= 0.6 is 0 Å². The number of ether oxygens (including phenoxy) is 9. The van der Waals surface area contributed by atoms with Gasteiger partial charge in [0.2, 0.25) is 0 Å². The minimum atomic E-state index is -5.15. The van der Waals surface area contributed by atoms with Gasteiger partial charge in [-0.1, -0.05) is 64.8 Å². The van der Waals surface area contributed by atoms with Crippen molar-refractivity contribution in [2.24, 2.45) is 46.3 Å². The molecule has 3 saturated carbocycles. The number of carbonyl (C=O) groups excluding carboxylic acids is 1. The summed E-state index contributed by atoms with van der Waals surface area (Å²) in [5, 5.41) is 87.7. The summed E-state index contributed by atoms with van der Waals surface area (Å²) in [5.41, 5.74) is 1.14. The van der Waals surface area contributed by atoms with E-state index in [1.54, 1.807) is 13.8 Å². The Labute approximate surface area is 426 Å². The standard InChI is InChI=1S/C50H78O22S/c1-8-22(3)35(51)44(59)63-19-31-37(53)40(56)42(58)46(68-31)67-26-15-25-9-10-27-28(12-13-48(6)29(27)17-30-34(48)23(4)50(71-30)14-11-21(2)18-65-50)49(25,7)33(16-26)69-47-43(38(54)32(20-64-47)72-73(60,61)62)70-45-41(57)39(55)36(52)24(5)66-45/h9,22-24,26-43,45-47,51-58H,2,8,10-20H2,1,3-7H3,(H,60,61,62)/t22?,23?,24-,26-,27-,28+,29+,30+,31+,32+,33+,34+,35?,36+,37-,38+,39-,40+,41-,42?,43?,45+,46-,47+,48+,49+,50-/m1/s1. The van der Waals surface area contributed by atoms with Crippen molar-refractivity contribution in [2.45, 2.75) is 216 Å². The smallest absolute Gasteiger partial charge is 0.397 e. The SMILES string of the molecule is C=C1CC[C@@]2(OC1)O[C@H]1C[C@H]3[C@@H]4CC=C5C[C@@H](O[C@@H]6O[C@@H](COC(=O)C(O)C(C)CC)[C@@H](O)[C@H](O)C6O)C[C@H](O[C@@H]6OC[C@H](OS(=O)(=O)O)[C@H](O)C6O[C@@H]6O[C@H](C)[C@H](O)[C@@H](O)[C@H]6O)[C@]5(C)[C@H]4CC[C@]3(C)[C@H]1C2C. The lowest BCUT2D eigenvalue weighted by atomic mass is 9.46. The predicted molar refractivity (Wildman–Crippen MR) is 249 cm³/mol. The minimum Gasteiger partial charge on any atom is -0.461 e. The van der Waals surface area contributed by atoms with Gasteiger partial charge in [-0.05, 0) is 80.5 Å². The molecular weight excluding hydrogens is 985 g/mol. The monoisotopic (exact) mass is 1060 g/mol. The molecule has 73 heavy (non-hydrogen) atoms. The summed E-state index contributed by atoms with van der Waals surface area (Å²) in [5.74, 6) is -1.23. The average Bonchev–Trinajstić information content (AvgIpc) is 3.80. The van der Waals surface area contributed by atoms with Crippen LogP contribution in [0.1, 0.15) is 99.3 Å². The van der Waals surface area contributed by atoms with E-state index in [1.807, 2.05) is 0 Å². The van der Waals surface area contributed by atoms with Gasteiger partial charge in [-0.25, -0.2) is 8.98 Å². The number of aliphatic hydroxyl groups is 8. The molecule has 27 atom stereocenters. The van der Waals surface area contributed by atoms with E-state index < -0.39 is 151 Å². The third-order valence-electron chi connectivity index (χ3n) is 19.0. The molecule has 0 amide bonds. The van der Waals surface area contributed by atoms with E-state index in [0.717, 1.165) is 49.7 Å². The van der Waals surface area contributed by atoms with E-state index in [9.17, 15) is 58.6 Å². The van der Waals surface area contributed by atoms with Crippen LogP contribution in [-0.2, 0) is 62.0 Å². The summed E-state index contributed by atoms with van der Waals surface area (Å²) >= 11 is 0. The largest absolute Gasteiger partial charge is 0.461 e. The maximum absolute atomic E-state index is 12.7. The van der Waals surface area contributed by atoms with Gasteiger partial charge in [0.05, 0.1) is 37.6 Å². The molecule has 0 aromatic carbocycles. The summed E-state index contributed by atoms with van der Waals surface area (Å²) in [6.07, 6.45) is -18.3. The van der Waals surface area contributed by atoms with Crippen molar-refractivity contribution in [3.05, 3.63) is 23.8 Å². The third-order valence-corrected chi connectivity index (χ3v) is 19.5. The second-order valence-corrected chi connectivity index (χ2v) is 24.1. The number of fused-ring (bicyclic) bond motifs is 7. The zero-order chi connectivity index (χ0) is 52.9. The average molecular weight is 1060 g/mol. The van der Waals surface area contributed by atoms with E-state index in [4.69, 9.17) is 46.8 Å². The molecule has 5 saturated heterocycles. The number of carbonyl (C=O) groups is 1. The highest BCUT2D eigenvalue weighted by molar-refractivity contribution is 7.80. The van der Waals surface area contributed by atoms with Crippen molar-refractivity contribution < 1.29 is 105 Å². The topological polar surface area (TPSA) is 326 Å². The Kier molecular flexibility index (Phi) is 16.2. The van der Waals surface area contributed by atoms with Crippen molar-refractivity contribution in [3.8, 4) is 0 Å². The fourth-order valence-corrected chi connectivity index (χ4v) is 15.1. The first-order valence-electron chi connectivity index (χ1n) is 26.2. The van der Waals surface area contributed by atoms with Gasteiger partial charge in [0.1, 0.15) is 67.6 Å². The number of esters is 1. The Morgan fingerprint density at radius 2 is 1.59 bits per heavy atom. The molecule has 23 heteroatoms. The molecule has 1 spiro atoms. The van der Waals surface area contributed by atoms with Crippen LogP contribution < -0.4 is 0 Å². The van der Waals surface area contributed by atoms with Gasteiger partial charge in [0, 0.05) is 24.2 Å². The predicted octanol–water partition coefficient (Wildman–Crippen LogP) is 0.529. The molecule has 0 bridgehead atoms. The molecule has 9 N–H and O–H groups in total. The Hall–Kier alpha value is -1.82. The number of hydrogen-bond acceptors (Lipinski definition) is 21. The summed E-state index contributed by atoms with van der Waals surface area (Å²) in [4.78, 5) is 12.7. The summed E-state index contributed by atoms with van der Waals surface area (Å²) < 4.78 is 94.7. The lowest BCUT2D eigenvalue weighted by molar-refractivity contribution is -0.363. The van der Waals surface area contributed by atoms with Gasteiger partial charge in [-0.15, -0.1) is 0 Å². The molecule has 416 valence electrons. The molecule has 0 aromatic heterocycles. The molecule has 9 aliphatic rings. The van der Waals surface area contributed by atoms with Gasteiger partial charge >= 0.3 is 16.4 Å². The van der Waals surface area contributed by atoms with Crippen molar-refractivity contribution in [1.29, 1.82) is 0 Å². The van der Waals surface area contributed by atoms with E-state index in [0.29, 0.717) is 19.4 Å². The molecular formula is C50H78O22S. The minimum absolute atomic E-state index is 0.00307. The Morgan fingerprint density at radius 1 is 0.890 bits per heavy atom. The van der Waals surface area contributed by atoms with Crippen molar-refractivity contribution in [2.75, 3.05) is 19.8 Å². The fourth-order valence-electron chi connectivity index (χ4n) is 14.6. The first kappa shape index (κ1) is 55.9. The summed E-state index contributed by atoms with van der Waals surface area (Å²) in [7, 11) is -5.15. The Balaban J connectivity index is 1.01. The fraction of sp³-hybridized carbons (Fsp3) is 0.900. The van der Waals surface area contributed by atoms with Gasteiger partial charge in [-0.3, -0.25) is 4.55 Å². The third kappa shape index (κ3) is 10.2. The molecule has 5 aliphatic heterocycles. The van der Waals surface area contributed by atoms with Gasteiger partial charge in [-0.2, -0.15) is 8.42 Å². The van der Waals surface area contributed by atoms with Crippen LogP contribution in [0, 0.1) is 46.3 Å². The van der Waals surface area contributed by atoms with E-state index in [1.165, 1.54) is 6.92 Å². The number of allylic oxidation sites excluding steroid dienone is 1. The molecule has 5 heterocycles. The maximum Gasteiger partial charge on any atom is 0.397 e. The van der Waals surface area contributed by atoms with Crippen molar-refractivity contribution in [1.82, 2.24) is 0 Å². The Bertz CT molecular complexity index is 2140. The normalized spacial score (nSPS) is 50.8. The molecule has 0 radical (unpaired) electrons. The lowest BCUT2D eigenvalue weighted by Gasteiger charge is -2.61. The lowest BCUT2D eigenvalue weighted by Crippen LogP contribution is -2.64. The van der Waals surface area contributed by atoms with Crippen LogP contribution in [0.4, 0.5) is 0 Å². The Morgan fingerprint density at radius 3 is 2.26 bits per heavy atom. The van der Waals surface area contributed by atoms with E-state index >= 15 is 0 Å². The molecule has 5 unspecified atom stereocenters. The highest BCUT2D eigenvalue weighted by atomic mass is 32.3. The summed E-state index contributed by atoms with van der Waals surface area (Å²) in [6, 6.07) is 0. The van der Waals surface area contributed by atoms with Crippen LogP contribution in [0.25, 0.3) is 0 Å². The summed E-state index contributed by atoms with van der Waals surface area (Å²) in [6.45, 7) is 15.1. The second kappa shape index (κ2) is 21.1. The molecule has 4 aliphatic carbocycles. The van der Waals surface area contributed by atoms with Crippen LogP contribution in [-0.4, -0.2) is 196 Å². The second-order valence-electron chi connectivity index (χ2n) is 23.1. The molecule has 9 rings (SSSR count). The maximum atomic E-state index is 12.7. The van der Waals surface area contributed by atoms with Crippen LogP contribution in [0.15, 0.2) is 23.8 Å². The highest BCUT2D eigenvalue weighted by Crippen LogP contribution is 2.71.